The zero-order valence-corrected chi connectivity index (χ0v) is 15.1. The summed E-state index contributed by atoms with van der Waals surface area (Å²) in [5.74, 6) is 2.44. The van der Waals surface area contributed by atoms with Crippen LogP contribution in [0.4, 0.5) is 5.69 Å². The fraction of sp³-hybridized carbons (Fsp3) is 0.190. The second-order valence-corrected chi connectivity index (χ2v) is 6.13. The molecule has 6 nitrogen and oxygen atoms in total. The maximum Gasteiger partial charge on any atom is 0.302 e. The average Bonchev–Trinajstić information content (AvgIpc) is 2.93. The molecule has 0 fully saturated rings. The standard InChI is InChI=1S/C21H19N3O3/c1-4-11-24-17-8-6-5-7-16(17)20(21(24)26)23-22-19(25)13-27-18-12-14(2)9-10-15(18)3/h1,5-10,12,26H,11,13H2,2-3H3. The molecule has 0 bridgehead atoms. The van der Waals surface area contributed by atoms with Crippen LogP contribution in [0.15, 0.2) is 52.7 Å². The number of nitrogens with zero attached hydrogens (tertiary/aromatic N) is 3. The smallest absolute Gasteiger partial charge is 0.302 e. The van der Waals surface area contributed by atoms with Crippen LogP contribution in [0, 0.1) is 26.2 Å². The minimum Gasteiger partial charge on any atom is -0.493 e. The van der Waals surface area contributed by atoms with Crippen LogP contribution in [0.1, 0.15) is 11.1 Å². The van der Waals surface area contributed by atoms with E-state index in [2.05, 4.69) is 16.1 Å². The molecular weight excluding hydrogens is 342 g/mol. The molecule has 0 spiro atoms. The molecule has 0 aliphatic carbocycles. The monoisotopic (exact) mass is 361 g/mol. The van der Waals surface area contributed by atoms with E-state index < -0.39 is 5.91 Å². The fourth-order valence-electron chi connectivity index (χ4n) is 2.76. The lowest BCUT2D eigenvalue weighted by molar-refractivity contribution is -0.120. The van der Waals surface area contributed by atoms with Gasteiger partial charge in [-0.25, -0.2) is 0 Å². The summed E-state index contributed by atoms with van der Waals surface area (Å²) in [7, 11) is 0. The van der Waals surface area contributed by atoms with E-state index in [9.17, 15) is 9.90 Å². The van der Waals surface area contributed by atoms with Gasteiger partial charge in [0.15, 0.2) is 12.3 Å². The quantitative estimate of drug-likeness (QED) is 0.544. The average molecular weight is 361 g/mol. The summed E-state index contributed by atoms with van der Waals surface area (Å²) in [6.07, 6.45) is 5.36. The maximum atomic E-state index is 12.1. The summed E-state index contributed by atoms with van der Waals surface area (Å²) in [4.78, 5) is 12.1. The van der Waals surface area contributed by atoms with Gasteiger partial charge in [-0.2, -0.15) is 0 Å². The molecule has 1 aromatic heterocycles. The molecule has 1 amide bonds. The van der Waals surface area contributed by atoms with Crippen LogP contribution < -0.4 is 4.74 Å². The molecule has 136 valence electrons. The zero-order valence-electron chi connectivity index (χ0n) is 15.1. The fourth-order valence-corrected chi connectivity index (χ4v) is 2.76. The van der Waals surface area contributed by atoms with Crippen molar-refractivity contribution >= 4 is 22.5 Å². The first-order valence-corrected chi connectivity index (χ1v) is 8.39. The zero-order chi connectivity index (χ0) is 19.4. The van der Waals surface area contributed by atoms with Crippen LogP contribution in [0.2, 0.25) is 0 Å². The van der Waals surface area contributed by atoms with E-state index in [1.165, 1.54) is 0 Å². The second kappa shape index (κ2) is 7.75. The first kappa shape index (κ1) is 18.2. The van der Waals surface area contributed by atoms with Crippen molar-refractivity contribution in [1.29, 1.82) is 0 Å². The van der Waals surface area contributed by atoms with E-state index in [1.54, 1.807) is 10.6 Å². The van der Waals surface area contributed by atoms with Crippen molar-refractivity contribution in [2.24, 2.45) is 10.2 Å². The summed E-state index contributed by atoms with van der Waals surface area (Å²) in [6.45, 7) is 3.80. The number of aromatic nitrogens is 1. The van der Waals surface area contributed by atoms with Crippen LogP contribution in [-0.2, 0) is 11.3 Å². The Bertz CT molecular complexity index is 1070. The molecule has 3 rings (SSSR count). The van der Waals surface area contributed by atoms with Crippen molar-refractivity contribution in [3.05, 3.63) is 53.6 Å². The minimum atomic E-state index is -0.552. The Morgan fingerprint density at radius 3 is 2.81 bits per heavy atom. The van der Waals surface area contributed by atoms with Crippen LogP contribution in [0.25, 0.3) is 10.9 Å². The van der Waals surface area contributed by atoms with Gasteiger partial charge in [-0.05, 0) is 37.1 Å². The summed E-state index contributed by atoms with van der Waals surface area (Å²) < 4.78 is 7.07. The van der Waals surface area contributed by atoms with Crippen molar-refractivity contribution < 1.29 is 14.6 Å². The van der Waals surface area contributed by atoms with E-state index >= 15 is 0 Å². The minimum absolute atomic E-state index is 0.124. The lowest BCUT2D eigenvalue weighted by Crippen LogP contribution is -2.08. The van der Waals surface area contributed by atoms with Gasteiger partial charge in [-0.1, -0.05) is 36.3 Å². The maximum absolute atomic E-state index is 12.1. The highest BCUT2D eigenvalue weighted by Crippen LogP contribution is 2.38. The van der Waals surface area contributed by atoms with Gasteiger partial charge in [0.05, 0.1) is 12.1 Å². The molecule has 0 unspecified atom stereocenters. The highest BCUT2D eigenvalue weighted by molar-refractivity contribution is 5.95. The lowest BCUT2D eigenvalue weighted by atomic mass is 10.1. The molecule has 2 aromatic carbocycles. The van der Waals surface area contributed by atoms with Crippen LogP contribution in [-0.4, -0.2) is 22.2 Å². The van der Waals surface area contributed by atoms with Gasteiger partial charge in [-0.15, -0.1) is 16.7 Å². The largest absolute Gasteiger partial charge is 0.493 e. The molecule has 0 aliphatic rings. The number of amides is 1. The molecule has 6 heteroatoms. The molecule has 0 aliphatic heterocycles. The van der Waals surface area contributed by atoms with Crippen molar-refractivity contribution in [2.45, 2.75) is 20.4 Å². The highest BCUT2D eigenvalue weighted by atomic mass is 16.5. The van der Waals surface area contributed by atoms with Gasteiger partial charge < -0.3 is 9.84 Å². The number of carbonyl (C=O) groups excluding carboxylic acids is 1. The number of fused-ring (bicyclic) bond motifs is 1. The van der Waals surface area contributed by atoms with Crippen molar-refractivity contribution in [1.82, 2.24) is 4.57 Å². The molecule has 1 N–H and O–H groups in total. The Labute approximate surface area is 157 Å². The number of aryl methyl sites for hydroxylation is 2. The van der Waals surface area contributed by atoms with Gasteiger partial charge >= 0.3 is 5.91 Å². The van der Waals surface area contributed by atoms with Gasteiger partial charge in [-0.3, -0.25) is 9.36 Å². The third-order valence-corrected chi connectivity index (χ3v) is 4.12. The summed E-state index contributed by atoms with van der Waals surface area (Å²) >= 11 is 0. The van der Waals surface area contributed by atoms with Crippen LogP contribution in [0.5, 0.6) is 11.6 Å². The Balaban J connectivity index is 1.80. The normalized spacial score (nSPS) is 11.0. The number of hydrogen-bond acceptors (Lipinski definition) is 4. The molecule has 3 aromatic rings. The molecule has 0 saturated heterocycles. The number of hydrogen-bond donors (Lipinski definition) is 1. The summed E-state index contributed by atoms with van der Waals surface area (Å²) in [5, 5.41) is 18.7. The van der Waals surface area contributed by atoms with E-state index in [0.29, 0.717) is 11.1 Å². The molecular formula is C21H19N3O3. The number of para-hydroxylation sites is 1. The number of ether oxygens (including phenoxy) is 1. The predicted octanol–water partition coefficient (Wildman–Crippen LogP) is 4.29. The Kier molecular flexibility index (Phi) is 5.23. The number of benzene rings is 2. The van der Waals surface area contributed by atoms with Gasteiger partial charge in [0.2, 0.25) is 5.88 Å². The van der Waals surface area contributed by atoms with Gasteiger partial charge in [0, 0.05) is 5.39 Å². The summed E-state index contributed by atoms with van der Waals surface area (Å²) in [5.41, 5.74) is 2.90. The van der Waals surface area contributed by atoms with Crippen LogP contribution in [0.3, 0.4) is 0 Å². The van der Waals surface area contributed by atoms with E-state index in [-0.39, 0.29) is 24.7 Å². The van der Waals surface area contributed by atoms with Crippen molar-refractivity contribution in [3.63, 3.8) is 0 Å². The first-order chi connectivity index (χ1) is 13.0. The third kappa shape index (κ3) is 3.82. The molecule has 0 atom stereocenters. The van der Waals surface area contributed by atoms with E-state index in [1.807, 2.05) is 50.2 Å². The number of rotatable bonds is 5. The van der Waals surface area contributed by atoms with Crippen molar-refractivity contribution in [2.75, 3.05) is 6.61 Å². The number of terminal acetylenes is 1. The molecule has 27 heavy (non-hydrogen) atoms. The van der Waals surface area contributed by atoms with E-state index in [4.69, 9.17) is 11.2 Å². The number of aromatic hydroxyl groups is 1. The van der Waals surface area contributed by atoms with Crippen LogP contribution >= 0.6 is 0 Å². The summed E-state index contributed by atoms with van der Waals surface area (Å²) in [6, 6.07) is 13.0. The first-order valence-electron chi connectivity index (χ1n) is 8.39. The Morgan fingerprint density at radius 2 is 2.04 bits per heavy atom. The number of azo groups is 1. The van der Waals surface area contributed by atoms with E-state index in [0.717, 1.165) is 16.6 Å². The highest BCUT2D eigenvalue weighted by Gasteiger charge is 2.16. The van der Waals surface area contributed by atoms with Crippen molar-refractivity contribution in [3.8, 4) is 24.0 Å². The topological polar surface area (TPSA) is 76.2 Å². The predicted molar refractivity (Wildman–Crippen MR) is 103 cm³/mol. The lowest BCUT2D eigenvalue weighted by Gasteiger charge is -2.07. The molecule has 0 saturated carbocycles. The Hall–Kier alpha value is -3.59. The van der Waals surface area contributed by atoms with Gasteiger partial charge in [0.1, 0.15) is 5.75 Å². The Morgan fingerprint density at radius 1 is 1.26 bits per heavy atom. The number of carbonyl (C=O) groups is 1. The third-order valence-electron chi connectivity index (χ3n) is 4.12. The molecule has 0 radical (unpaired) electrons. The van der Waals surface area contributed by atoms with Gasteiger partial charge in [0.25, 0.3) is 0 Å². The second-order valence-electron chi connectivity index (χ2n) is 6.13. The SMILES string of the molecule is C#CCn1c(O)c(N=NC(=O)COc2cc(C)ccc2C)c2ccccc21. The molecule has 1 heterocycles.